The summed E-state index contributed by atoms with van der Waals surface area (Å²) in [6.45, 7) is 2.36. The number of aromatic nitrogens is 2. The first-order valence-corrected chi connectivity index (χ1v) is 9.61. The summed E-state index contributed by atoms with van der Waals surface area (Å²) in [5, 5.41) is 11.9. The molecule has 2 aromatic carbocycles. The number of hydrogen-bond acceptors (Lipinski definition) is 4. The molecule has 0 spiro atoms. The SMILES string of the molecule is CN(CC(=O)NCCc1cncn1Cc1ccc(C#N)cc1)Cc1ccccc1. The summed E-state index contributed by atoms with van der Waals surface area (Å²) in [6.07, 6.45) is 4.34. The Morgan fingerprint density at radius 2 is 1.90 bits per heavy atom. The highest BCUT2D eigenvalue weighted by Gasteiger charge is 2.08. The van der Waals surface area contributed by atoms with Crippen molar-refractivity contribution >= 4 is 5.91 Å². The molecular weight excluding hydrogens is 362 g/mol. The molecule has 0 saturated heterocycles. The van der Waals surface area contributed by atoms with Crippen LogP contribution in [0, 0.1) is 11.3 Å². The first kappa shape index (κ1) is 20.3. The maximum Gasteiger partial charge on any atom is 0.234 e. The Bertz CT molecular complexity index is 957. The molecule has 3 aromatic rings. The van der Waals surface area contributed by atoms with Crippen LogP contribution in [-0.4, -0.2) is 40.5 Å². The predicted octanol–water partition coefficient (Wildman–Crippen LogP) is 2.59. The maximum absolute atomic E-state index is 12.2. The van der Waals surface area contributed by atoms with Crippen LogP contribution in [0.4, 0.5) is 0 Å². The summed E-state index contributed by atoms with van der Waals surface area (Å²) in [5.41, 5.74) is 4.01. The molecule has 3 rings (SSSR count). The maximum atomic E-state index is 12.2. The Labute approximate surface area is 171 Å². The highest BCUT2D eigenvalue weighted by molar-refractivity contribution is 5.77. The monoisotopic (exact) mass is 387 g/mol. The number of benzene rings is 2. The summed E-state index contributed by atoms with van der Waals surface area (Å²) < 4.78 is 2.06. The summed E-state index contributed by atoms with van der Waals surface area (Å²) in [5.74, 6) is 0.0154. The van der Waals surface area contributed by atoms with Crippen LogP contribution in [0.3, 0.4) is 0 Å². The number of likely N-dealkylation sites (N-methyl/N-ethyl adjacent to an activating group) is 1. The first-order valence-electron chi connectivity index (χ1n) is 9.61. The van der Waals surface area contributed by atoms with Crippen LogP contribution in [0.25, 0.3) is 0 Å². The van der Waals surface area contributed by atoms with E-state index >= 15 is 0 Å². The summed E-state index contributed by atoms with van der Waals surface area (Å²) in [6, 6.07) is 19.8. The highest BCUT2D eigenvalue weighted by Crippen LogP contribution is 2.08. The third kappa shape index (κ3) is 6.30. The van der Waals surface area contributed by atoms with Gasteiger partial charge in [0.2, 0.25) is 5.91 Å². The van der Waals surface area contributed by atoms with E-state index in [9.17, 15) is 4.79 Å². The van der Waals surface area contributed by atoms with E-state index < -0.39 is 0 Å². The average molecular weight is 387 g/mol. The van der Waals surface area contributed by atoms with E-state index in [0.717, 1.165) is 17.8 Å². The number of rotatable bonds is 9. The number of hydrogen-bond donors (Lipinski definition) is 1. The van der Waals surface area contributed by atoms with Crippen LogP contribution >= 0.6 is 0 Å². The molecule has 148 valence electrons. The van der Waals surface area contributed by atoms with E-state index in [1.54, 1.807) is 6.33 Å². The Hall–Kier alpha value is -3.43. The molecular formula is C23H25N5O. The van der Waals surface area contributed by atoms with Gasteiger partial charge in [-0.3, -0.25) is 9.69 Å². The van der Waals surface area contributed by atoms with E-state index in [1.807, 2.05) is 60.6 Å². The molecule has 29 heavy (non-hydrogen) atoms. The molecule has 0 aliphatic heterocycles. The van der Waals surface area contributed by atoms with Gasteiger partial charge in [-0.05, 0) is 30.3 Å². The Kier molecular flexibility index (Phi) is 7.15. The van der Waals surface area contributed by atoms with Crippen molar-refractivity contribution in [1.82, 2.24) is 19.8 Å². The number of nitrogens with one attached hydrogen (secondary N) is 1. The van der Waals surface area contributed by atoms with Crippen molar-refractivity contribution in [3.05, 3.63) is 89.5 Å². The number of nitriles is 1. The number of imidazole rings is 1. The van der Waals surface area contributed by atoms with Gasteiger partial charge in [0.1, 0.15) is 0 Å². The molecule has 0 bridgehead atoms. The van der Waals surface area contributed by atoms with Gasteiger partial charge in [-0.25, -0.2) is 4.98 Å². The summed E-state index contributed by atoms with van der Waals surface area (Å²) >= 11 is 0. The second kappa shape index (κ2) is 10.2. The molecule has 6 nitrogen and oxygen atoms in total. The zero-order valence-electron chi connectivity index (χ0n) is 16.6. The third-order valence-electron chi connectivity index (χ3n) is 4.65. The predicted molar refractivity (Wildman–Crippen MR) is 112 cm³/mol. The third-order valence-corrected chi connectivity index (χ3v) is 4.65. The molecule has 0 unspecified atom stereocenters. The molecule has 1 amide bonds. The van der Waals surface area contributed by atoms with Crippen molar-refractivity contribution in [2.24, 2.45) is 0 Å². The number of nitrogens with zero attached hydrogens (tertiary/aromatic N) is 4. The van der Waals surface area contributed by atoms with Crippen LogP contribution in [0.2, 0.25) is 0 Å². The van der Waals surface area contributed by atoms with Crippen LogP contribution in [0.1, 0.15) is 22.4 Å². The number of amides is 1. The van der Waals surface area contributed by atoms with Gasteiger partial charge < -0.3 is 9.88 Å². The molecule has 0 aliphatic rings. The molecule has 1 N–H and O–H groups in total. The summed E-state index contributed by atoms with van der Waals surface area (Å²) in [4.78, 5) is 18.4. The van der Waals surface area contributed by atoms with E-state index in [1.165, 1.54) is 5.56 Å². The average Bonchev–Trinajstić information content (AvgIpc) is 3.16. The Morgan fingerprint density at radius 1 is 1.14 bits per heavy atom. The molecule has 1 heterocycles. The van der Waals surface area contributed by atoms with Crippen molar-refractivity contribution in [3.8, 4) is 6.07 Å². The zero-order chi connectivity index (χ0) is 20.5. The van der Waals surface area contributed by atoms with E-state index in [2.05, 4.69) is 33.1 Å². The van der Waals surface area contributed by atoms with Gasteiger partial charge >= 0.3 is 0 Å². The van der Waals surface area contributed by atoms with Gasteiger partial charge in [-0.1, -0.05) is 42.5 Å². The number of carbonyl (C=O) groups is 1. The fourth-order valence-electron chi connectivity index (χ4n) is 3.16. The van der Waals surface area contributed by atoms with Gasteiger partial charge in [-0.2, -0.15) is 5.26 Å². The van der Waals surface area contributed by atoms with Gasteiger partial charge in [0.05, 0.1) is 24.5 Å². The lowest BCUT2D eigenvalue weighted by atomic mass is 10.1. The molecule has 0 saturated carbocycles. The lowest BCUT2D eigenvalue weighted by molar-refractivity contribution is -0.122. The Balaban J connectivity index is 1.44. The van der Waals surface area contributed by atoms with Gasteiger partial charge in [0.15, 0.2) is 0 Å². The fraction of sp³-hybridized carbons (Fsp3) is 0.261. The minimum atomic E-state index is 0.0154. The second-order valence-corrected chi connectivity index (χ2v) is 7.08. The number of carbonyl (C=O) groups excluding carboxylic acids is 1. The molecule has 1 aromatic heterocycles. The van der Waals surface area contributed by atoms with Crippen molar-refractivity contribution in [3.63, 3.8) is 0 Å². The quantitative estimate of drug-likeness (QED) is 0.612. The van der Waals surface area contributed by atoms with Crippen LogP contribution in [0.5, 0.6) is 0 Å². The van der Waals surface area contributed by atoms with Gasteiger partial charge in [0, 0.05) is 37.9 Å². The summed E-state index contributed by atoms with van der Waals surface area (Å²) in [7, 11) is 1.94. The van der Waals surface area contributed by atoms with E-state index in [0.29, 0.717) is 31.6 Å². The molecule has 0 radical (unpaired) electrons. The minimum absolute atomic E-state index is 0.0154. The topological polar surface area (TPSA) is 74.0 Å². The highest BCUT2D eigenvalue weighted by atomic mass is 16.2. The lowest BCUT2D eigenvalue weighted by Gasteiger charge is -2.16. The molecule has 0 aliphatic carbocycles. The molecule has 0 atom stereocenters. The van der Waals surface area contributed by atoms with Gasteiger partial charge in [0.25, 0.3) is 0 Å². The van der Waals surface area contributed by atoms with Gasteiger partial charge in [-0.15, -0.1) is 0 Å². The van der Waals surface area contributed by atoms with Crippen molar-refractivity contribution in [2.45, 2.75) is 19.5 Å². The van der Waals surface area contributed by atoms with Crippen molar-refractivity contribution < 1.29 is 4.79 Å². The van der Waals surface area contributed by atoms with E-state index in [-0.39, 0.29) is 5.91 Å². The standard InChI is InChI=1S/C23H25N5O/c1-27(15-20-5-3-2-4-6-20)17-23(29)26-12-11-22-14-25-18-28(22)16-21-9-7-19(13-24)8-10-21/h2-10,14,18H,11-12,15-17H2,1H3,(H,26,29). The van der Waals surface area contributed by atoms with E-state index in [4.69, 9.17) is 5.26 Å². The Morgan fingerprint density at radius 3 is 2.62 bits per heavy atom. The lowest BCUT2D eigenvalue weighted by Crippen LogP contribution is -2.36. The van der Waals surface area contributed by atoms with Crippen LogP contribution < -0.4 is 5.32 Å². The van der Waals surface area contributed by atoms with Crippen molar-refractivity contribution in [2.75, 3.05) is 20.1 Å². The minimum Gasteiger partial charge on any atom is -0.355 e. The fourth-order valence-corrected chi connectivity index (χ4v) is 3.16. The molecule has 6 heteroatoms. The first-order chi connectivity index (χ1) is 14.1. The molecule has 0 fully saturated rings. The normalized spacial score (nSPS) is 10.7. The second-order valence-electron chi connectivity index (χ2n) is 7.08. The van der Waals surface area contributed by atoms with Crippen LogP contribution in [-0.2, 0) is 24.3 Å². The largest absolute Gasteiger partial charge is 0.355 e. The van der Waals surface area contributed by atoms with Crippen LogP contribution in [0.15, 0.2) is 67.1 Å². The zero-order valence-corrected chi connectivity index (χ0v) is 16.6. The smallest absolute Gasteiger partial charge is 0.234 e. The van der Waals surface area contributed by atoms with Crippen molar-refractivity contribution in [1.29, 1.82) is 5.26 Å².